The molecule has 0 amide bonds. The van der Waals surface area contributed by atoms with Gasteiger partial charge in [-0.3, -0.25) is 0 Å². The van der Waals surface area contributed by atoms with Gasteiger partial charge in [0.2, 0.25) is 0 Å². The van der Waals surface area contributed by atoms with Crippen LogP contribution in [0, 0.1) is 0 Å². The monoisotopic (exact) mass is 636 g/mol. The first kappa shape index (κ1) is 28.4. The molecule has 0 aliphatic rings. The summed E-state index contributed by atoms with van der Waals surface area (Å²) in [4.78, 5) is 0. The number of hydrogen-bond donors (Lipinski definition) is 2. The van der Waals surface area contributed by atoms with Crippen molar-refractivity contribution >= 4 is 76.0 Å². The van der Waals surface area contributed by atoms with Crippen LogP contribution in [-0.2, 0) is 0 Å². The highest BCUT2D eigenvalue weighted by atomic mass is 14.5. The highest BCUT2D eigenvalue weighted by molar-refractivity contribution is 6.27. The molecule has 0 unspecified atom stereocenters. The van der Waals surface area contributed by atoms with Gasteiger partial charge in [-0.15, -0.1) is 0 Å². The number of rotatable bonds is 3. The van der Waals surface area contributed by atoms with Crippen LogP contribution in [0.15, 0.2) is 170 Å². The maximum Gasteiger partial charge on any atom is 0.0320 e. The predicted octanol–water partition coefficient (Wildman–Crippen LogP) is 12.8. The van der Waals surface area contributed by atoms with Crippen LogP contribution in [0.5, 0.6) is 0 Å². The molecule has 234 valence electrons. The lowest BCUT2D eigenvalue weighted by Crippen LogP contribution is -1.94. The highest BCUT2D eigenvalue weighted by Gasteiger charge is 2.17. The third-order valence-corrected chi connectivity index (χ3v) is 10.5. The molecule has 10 rings (SSSR count). The van der Waals surface area contributed by atoms with E-state index in [1.807, 2.05) is 12.1 Å². The molecule has 0 atom stereocenters. The Bertz CT molecular complexity index is 2730. The second kappa shape index (κ2) is 10.9. The van der Waals surface area contributed by atoms with Gasteiger partial charge in [0.25, 0.3) is 0 Å². The Morgan fingerprint density at radius 2 is 0.500 bits per heavy atom. The summed E-state index contributed by atoms with van der Waals surface area (Å²) in [5.74, 6) is 0. The lowest BCUT2D eigenvalue weighted by Gasteiger charge is -2.18. The molecule has 0 aliphatic carbocycles. The van der Waals surface area contributed by atoms with E-state index in [-0.39, 0.29) is 0 Å². The number of nitrogens with two attached hydrogens (primary N) is 2. The fourth-order valence-electron chi connectivity index (χ4n) is 8.22. The van der Waals surface area contributed by atoms with Gasteiger partial charge in [-0.2, -0.15) is 0 Å². The van der Waals surface area contributed by atoms with E-state index in [1.165, 1.54) is 64.6 Å². The average molecular weight is 637 g/mol. The molecule has 2 heteroatoms. The summed E-state index contributed by atoms with van der Waals surface area (Å²) in [5.41, 5.74) is 21.2. The molecule has 0 aromatic heterocycles. The van der Waals surface area contributed by atoms with Gasteiger partial charge in [-0.25, -0.2) is 0 Å². The summed E-state index contributed by atoms with van der Waals surface area (Å²) in [6, 6.07) is 61.1. The quantitative estimate of drug-likeness (QED) is 0.150. The maximum absolute atomic E-state index is 6.53. The third-order valence-electron chi connectivity index (χ3n) is 10.5. The zero-order valence-corrected chi connectivity index (χ0v) is 27.3. The minimum atomic E-state index is 0.730. The van der Waals surface area contributed by atoms with Crippen LogP contribution < -0.4 is 11.5 Å². The van der Waals surface area contributed by atoms with Crippen molar-refractivity contribution in [3.63, 3.8) is 0 Å². The Kier molecular flexibility index (Phi) is 6.21. The molecular formula is C48H32N2. The molecule has 0 aliphatic heterocycles. The minimum Gasteiger partial charge on any atom is -0.399 e. The number of fused-ring (bicyclic) bond motifs is 12. The van der Waals surface area contributed by atoms with Crippen molar-refractivity contribution in [3.8, 4) is 33.4 Å². The van der Waals surface area contributed by atoms with Crippen molar-refractivity contribution in [2.75, 3.05) is 11.5 Å². The Morgan fingerprint density at radius 3 is 0.820 bits per heavy atom. The van der Waals surface area contributed by atoms with Gasteiger partial charge in [0.15, 0.2) is 0 Å². The third kappa shape index (κ3) is 4.29. The van der Waals surface area contributed by atoms with Crippen molar-refractivity contribution in [1.82, 2.24) is 0 Å². The van der Waals surface area contributed by atoms with E-state index in [0.717, 1.165) is 44.8 Å². The zero-order valence-electron chi connectivity index (χ0n) is 27.3. The number of anilines is 2. The van der Waals surface area contributed by atoms with E-state index in [1.54, 1.807) is 0 Å². The normalized spacial score (nSPS) is 11.8. The highest BCUT2D eigenvalue weighted by Crippen LogP contribution is 2.44. The fourth-order valence-corrected chi connectivity index (χ4v) is 8.22. The van der Waals surface area contributed by atoms with Crippen molar-refractivity contribution in [1.29, 1.82) is 0 Å². The minimum absolute atomic E-state index is 0.730. The molecule has 0 bridgehead atoms. The Morgan fingerprint density at radius 1 is 0.220 bits per heavy atom. The van der Waals surface area contributed by atoms with Crippen LogP contribution in [0.4, 0.5) is 11.4 Å². The molecule has 0 spiro atoms. The SMILES string of the molecule is Nc1ccc(-c2ccc(N)cc2-c2ccc3c4ccccc4c4ccccc4c3c2)c(-c2ccc3c4ccccc4c4ccccc4c3c2)c1. The van der Waals surface area contributed by atoms with Gasteiger partial charge in [0.1, 0.15) is 0 Å². The van der Waals surface area contributed by atoms with Crippen molar-refractivity contribution in [2.24, 2.45) is 0 Å². The van der Waals surface area contributed by atoms with Crippen molar-refractivity contribution in [3.05, 3.63) is 170 Å². The van der Waals surface area contributed by atoms with Gasteiger partial charge >= 0.3 is 0 Å². The van der Waals surface area contributed by atoms with E-state index in [2.05, 4.69) is 158 Å². The largest absolute Gasteiger partial charge is 0.399 e. The molecule has 0 radical (unpaired) electrons. The molecule has 50 heavy (non-hydrogen) atoms. The molecule has 2 nitrogen and oxygen atoms in total. The van der Waals surface area contributed by atoms with Crippen LogP contribution in [0.3, 0.4) is 0 Å². The first-order chi connectivity index (χ1) is 24.6. The van der Waals surface area contributed by atoms with Gasteiger partial charge in [-0.05, 0) is 134 Å². The number of nitrogen functional groups attached to an aromatic ring is 2. The van der Waals surface area contributed by atoms with Crippen molar-refractivity contribution in [2.45, 2.75) is 0 Å². The van der Waals surface area contributed by atoms with Gasteiger partial charge in [0, 0.05) is 11.4 Å². The van der Waals surface area contributed by atoms with E-state index >= 15 is 0 Å². The Labute approximate surface area is 289 Å². The summed E-state index contributed by atoms with van der Waals surface area (Å²) in [7, 11) is 0. The number of benzene rings is 10. The second-order valence-electron chi connectivity index (χ2n) is 13.3. The maximum atomic E-state index is 6.53. The molecule has 10 aromatic rings. The molecular weight excluding hydrogens is 605 g/mol. The molecule has 10 aromatic carbocycles. The van der Waals surface area contributed by atoms with Crippen molar-refractivity contribution < 1.29 is 0 Å². The first-order valence-electron chi connectivity index (χ1n) is 17.1. The van der Waals surface area contributed by atoms with Crippen LogP contribution >= 0.6 is 0 Å². The van der Waals surface area contributed by atoms with Crippen LogP contribution in [0.2, 0.25) is 0 Å². The summed E-state index contributed by atoms with van der Waals surface area (Å²) >= 11 is 0. The molecule has 0 saturated heterocycles. The Hall–Kier alpha value is -6.64. The predicted molar refractivity (Wildman–Crippen MR) is 217 cm³/mol. The van der Waals surface area contributed by atoms with Gasteiger partial charge < -0.3 is 11.5 Å². The summed E-state index contributed by atoms with van der Waals surface area (Å²) in [6.07, 6.45) is 0. The van der Waals surface area contributed by atoms with E-state index in [4.69, 9.17) is 11.5 Å². The smallest absolute Gasteiger partial charge is 0.0320 e. The summed E-state index contributed by atoms with van der Waals surface area (Å²) in [5, 5.41) is 15.1. The van der Waals surface area contributed by atoms with E-state index in [9.17, 15) is 0 Å². The Balaban J connectivity index is 1.21. The fraction of sp³-hybridized carbons (Fsp3) is 0. The topological polar surface area (TPSA) is 52.0 Å². The average Bonchev–Trinajstić information content (AvgIpc) is 3.18. The van der Waals surface area contributed by atoms with Crippen LogP contribution in [0.25, 0.3) is 98.0 Å². The van der Waals surface area contributed by atoms with E-state index < -0.39 is 0 Å². The molecule has 0 heterocycles. The van der Waals surface area contributed by atoms with Crippen LogP contribution in [-0.4, -0.2) is 0 Å². The lowest BCUT2D eigenvalue weighted by atomic mass is 9.86. The van der Waals surface area contributed by atoms with Crippen LogP contribution in [0.1, 0.15) is 0 Å². The molecule has 0 fully saturated rings. The molecule has 0 saturated carbocycles. The second-order valence-corrected chi connectivity index (χ2v) is 13.3. The summed E-state index contributed by atoms with van der Waals surface area (Å²) in [6.45, 7) is 0. The van der Waals surface area contributed by atoms with Gasteiger partial charge in [0.05, 0.1) is 0 Å². The zero-order chi connectivity index (χ0) is 33.3. The summed E-state index contributed by atoms with van der Waals surface area (Å²) < 4.78 is 0. The first-order valence-corrected chi connectivity index (χ1v) is 17.1. The standard InChI is InChI=1S/C48H32N2/c49-31-19-23-41(45(27-31)29-17-21-43-37-13-3-1-9-33(37)35-11-5-7-15-39(35)47(43)25-29)42-24-20-32(50)28-46(42)30-18-22-44-38-14-4-2-10-34(38)36-12-6-8-16-40(36)48(44)26-30/h1-28H,49-50H2. The van der Waals surface area contributed by atoms with E-state index in [0.29, 0.717) is 0 Å². The molecule has 4 N–H and O–H groups in total. The van der Waals surface area contributed by atoms with Gasteiger partial charge in [-0.1, -0.05) is 133 Å². The lowest BCUT2D eigenvalue weighted by molar-refractivity contribution is 1.57. The number of hydrogen-bond acceptors (Lipinski definition) is 2.